The number of hydrazone groups is 1. The van der Waals surface area contributed by atoms with Crippen LogP contribution < -0.4 is 10.9 Å². The first-order chi connectivity index (χ1) is 16.5. The van der Waals surface area contributed by atoms with Gasteiger partial charge in [0.25, 0.3) is 5.56 Å². The number of aromatic nitrogens is 3. The van der Waals surface area contributed by atoms with Crippen LogP contribution in [0.1, 0.15) is 29.3 Å². The Balaban J connectivity index is 1.50. The second kappa shape index (κ2) is 8.70. The Hall–Kier alpha value is -4.66. The molecule has 0 spiro atoms. The van der Waals surface area contributed by atoms with E-state index in [4.69, 9.17) is 0 Å². The molecule has 5 rings (SSSR count). The average molecular weight is 454 g/mol. The molecule has 1 aliphatic heterocycles. The number of H-pyrrole nitrogens is 1. The zero-order chi connectivity index (χ0) is 23.7. The van der Waals surface area contributed by atoms with Gasteiger partial charge in [-0.1, -0.05) is 42.5 Å². The van der Waals surface area contributed by atoms with Gasteiger partial charge in [-0.15, -0.1) is 0 Å². The van der Waals surface area contributed by atoms with E-state index < -0.39 is 12.1 Å². The molecule has 1 aliphatic rings. The Kier molecular flexibility index (Phi) is 5.43. The monoisotopic (exact) mass is 454 g/mol. The van der Waals surface area contributed by atoms with Gasteiger partial charge in [-0.25, -0.2) is 14.5 Å². The number of aromatic hydroxyl groups is 1. The number of para-hydroxylation sites is 2. The van der Waals surface area contributed by atoms with E-state index in [1.54, 1.807) is 61.8 Å². The number of phenolic OH excluding ortho intramolecular Hbond substituents is 1. The minimum atomic E-state index is -0.577. The minimum absolute atomic E-state index is 0.0668. The lowest BCUT2D eigenvalue weighted by atomic mass is 9.98. The SMILES string of the molecule is Cc1[nH]n(-c2ccccc2)c(=O)c1NC(=O)N1N=C(c2cccnc2)CC1c1ccccc1O. The van der Waals surface area contributed by atoms with Gasteiger partial charge in [-0.3, -0.25) is 20.2 Å². The quantitative estimate of drug-likeness (QED) is 0.433. The van der Waals surface area contributed by atoms with Gasteiger partial charge in [-0.05, 0) is 31.2 Å². The van der Waals surface area contributed by atoms with Crippen LogP contribution in [0.4, 0.5) is 10.5 Å². The van der Waals surface area contributed by atoms with E-state index in [-0.39, 0.29) is 17.0 Å². The summed E-state index contributed by atoms with van der Waals surface area (Å²) in [5, 5.41) is 22.0. The number of phenols is 1. The van der Waals surface area contributed by atoms with E-state index >= 15 is 0 Å². The third-order valence-corrected chi connectivity index (χ3v) is 5.73. The van der Waals surface area contributed by atoms with Crippen molar-refractivity contribution in [2.45, 2.75) is 19.4 Å². The summed E-state index contributed by atoms with van der Waals surface area (Å²) in [6.07, 6.45) is 3.73. The van der Waals surface area contributed by atoms with Gasteiger partial charge in [0.2, 0.25) is 0 Å². The molecule has 1 unspecified atom stereocenters. The van der Waals surface area contributed by atoms with Gasteiger partial charge in [-0.2, -0.15) is 5.10 Å². The standard InChI is InChI=1S/C25H22N6O3/c1-16-23(24(33)30(28-16)18-9-3-2-4-10-18)27-25(34)31-21(19-11-5-6-12-22(19)32)14-20(29-31)17-8-7-13-26-15-17/h2-13,15,21,28,32H,14H2,1H3,(H,27,34). The third-order valence-electron chi connectivity index (χ3n) is 5.73. The number of carbonyl (C=O) groups excluding carboxylic acids is 1. The lowest BCUT2D eigenvalue weighted by molar-refractivity contribution is 0.199. The maximum Gasteiger partial charge on any atom is 0.343 e. The van der Waals surface area contributed by atoms with E-state index in [1.165, 1.54) is 9.69 Å². The highest BCUT2D eigenvalue weighted by molar-refractivity contribution is 6.04. The number of nitrogens with zero attached hydrogens (tertiary/aromatic N) is 4. The van der Waals surface area contributed by atoms with Gasteiger partial charge in [0.05, 0.1) is 23.1 Å². The number of aryl methyl sites for hydroxylation is 1. The highest BCUT2D eigenvalue weighted by atomic mass is 16.3. The van der Waals surface area contributed by atoms with Crippen LogP contribution >= 0.6 is 0 Å². The zero-order valence-corrected chi connectivity index (χ0v) is 18.3. The van der Waals surface area contributed by atoms with Crippen molar-refractivity contribution in [3.8, 4) is 11.4 Å². The van der Waals surface area contributed by atoms with Gasteiger partial charge in [0.1, 0.15) is 11.4 Å². The van der Waals surface area contributed by atoms with Crippen molar-refractivity contribution >= 4 is 17.4 Å². The van der Waals surface area contributed by atoms with E-state index in [0.29, 0.717) is 29.1 Å². The molecule has 2 amide bonds. The lowest BCUT2D eigenvalue weighted by Gasteiger charge is -2.22. The number of carbonyl (C=O) groups is 1. The maximum absolute atomic E-state index is 13.4. The number of aromatic amines is 1. The molecule has 0 saturated carbocycles. The van der Waals surface area contributed by atoms with E-state index in [9.17, 15) is 14.7 Å². The molecule has 2 aromatic carbocycles. The van der Waals surface area contributed by atoms with E-state index in [0.717, 1.165) is 5.56 Å². The van der Waals surface area contributed by atoms with E-state index in [1.807, 2.05) is 24.3 Å². The smallest absolute Gasteiger partial charge is 0.343 e. The fourth-order valence-corrected chi connectivity index (χ4v) is 4.03. The van der Waals surface area contributed by atoms with Crippen LogP contribution in [0.2, 0.25) is 0 Å². The fourth-order valence-electron chi connectivity index (χ4n) is 4.03. The minimum Gasteiger partial charge on any atom is -0.508 e. The second-order valence-corrected chi connectivity index (χ2v) is 7.93. The molecule has 0 radical (unpaired) electrons. The third kappa shape index (κ3) is 3.83. The highest BCUT2D eigenvalue weighted by Crippen LogP contribution is 2.37. The normalized spacial score (nSPS) is 15.3. The molecule has 3 N–H and O–H groups in total. The molecule has 2 aromatic heterocycles. The molecule has 3 heterocycles. The number of urea groups is 1. The number of anilines is 1. The molecule has 0 fully saturated rings. The molecular weight excluding hydrogens is 432 g/mol. The Labute approximate surface area is 195 Å². The number of hydrogen-bond donors (Lipinski definition) is 3. The number of amides is 2. The summed E-state index contributed by atoms with van der Waals surface area (Å²) in [6.45, 7) is 1.71. The Morgan fingerprint density at radius 2 is 1.85 bits per heavy atom. The summed E-state index contributed by atoms with van der Waals surface area (Å²) in [5.74, 6) is 0.0668. The zero-order valence-electron chi connectivity index (χ0n) is 18.3. The second-order valence-electron chi connectivity index (χ2n) is 7.93. The predicted molar refractivity (Wildman–Crippen MR) is 128 cm³/mol. The number of benzene rings is 2. The Bertz CT molecular complexity index is 1430. The summed E-state index contributed by atoms with van der Waals surface area (Å²) in [6, 6.07) is 18.5. The highest BCUT2D eigenvalue weighted by Gasteiger charge is 2.35. The summed E-state index contributed by atoms with van der Waals surface area (Å²) >= 11 is 0. The van der Waals surface area contributed by atoms with Gasteiger partial charge in [0.15, 0.2) is 0 Å². The molecule has 4 aromatic rings. The van der Waals surface area contributed by atoms with Crippen molar-refractivity contribution in [1.82, 2.24) is 19.8 Å². The van der Waals surface area contributed by atoms with Crippen LogP contribution in [0.5, 0.6) is 5.75 Å². The first-order valence-corrected chi connectivity index (χ1v) is 10.8. The van der Waals surface area contributed by atoms with Crippen molar-refractivity contribution in [3.63, 3.8) is 0 Å². The Morgan fingerprint density at radius 3 is 2.59 bits per heavy atom. The van der Waals surface area contributed by atoms with Crippen molar-refractivity contribution in [2.75, 3.05) is 5.32 Å². The summed E-state index contributed by atoms with van der Waals surface area (Å²) < 4.78 is 1.37. The molecule has 34 heavy (non-hydrogen) atoms. The number of pyridine rings is 1. The van der Waals surface area contributed by atoms with Crippen LogP contribution in [0.15, 0.2) is 89.0 Å². The number of rotatable bonds is 4. The van der Waals surface area contributed by atoms with Crippen LogP contribution in [-0.4, -0.2) is 36.6 Å². The van der Waals surface area contributed by atoms with Crippen LogP contribution in [0.3, 0.4) is 0 Å². The fraction of sp³-hybridized carbons (Fsp3) is 0.120. The average Bonchev–Trinajstić information content (AvgIpc) is 3.43. The topological polar surface area (TPSA) is 116 Å². The molecular formula is C25H22N6O3. The summed E-state index contributed by atoms with van der Waals surface area (Å²) in [5.41, 5.74) is 2.92. The van der Waals surface area contributed by atoms with Crippen LogP contribution in [0.25, 0.3) is 5.69 Å². The predicted octanol–water partition coefficient (Wildman–Crippen LogP) is 3.96. The molecule has 9 nitrogen and oxygen atoms in total. The summed E-state index contributed by atoms with van der Waals surface area (Å²) in [4.78, 5) is 30.6. The maximum atomic E-state index is 13.4. The van der Waals surface area contributed by atoms with Crippen molar-refractivity contribution in [3.05, 3.63) is 106 Å². The first kappa shape index (κ1) is 21.2. The van der Waals surface area contributed by atoms with Crippen molar-refractivity contribution < 1.29 is 9.90 Å². The van der Waals surface area contributed by atoms with Crippen LogP contribution in [-0.2, 0) is 0 Å². The van der Waals surface area contributed by atoms with Crippen molar-refractivity contribution in [2.24, 2.45) is 5.10 Å². The van der Waals surface area contributed by atoms with Gasteiger partial charge >= 0.3 is 6.03 Å². The molecule has 170 valence electrons. The van der Waals surface area contributed by atoms with Crippen LogP contribution in [0, 0.1) is 6.92 Å². The first-order valence-electron chi connectivity index (χ1n) is 10.8. The van der Waals surface area contributed by atoms with Gasteiger partial charge in [0, 0.05) is 29.9 Å². The molecule has 0 saturated heterocycles. The van der Waals surface area contributed by atoms with Crippen molar-refractivity contribution in [1.29, 1.82) is 0 Å². The molecule has 9 heteroatoms. The lowest BCUT2D eigenvalue weighted by Crippen LogP contribution is -2.33. The molecule has 1 atom stereocenters. The van der Waals surface area contributed by atoms with Gasteiger partial charge < -0.3 is 5.11 Å². The number of nitrogens with one attached hydrogen (secondary N) is 2. The largest absolute Gasteiger partial charge is 0.508 e. The number of hydrogen-bond acceptors (Lipinski definition) is 5. The summed E-state index contributed by atoms with van der Waals surface area (Å²) in [7, 11) is 0. The molecule has 0 aliphatic carbocycles. The Morgan fingerprint density at radius 1 is 1.09 bits per heavy atom. The molecule has 0 bridgehead atoms. The van der Waals surface area contributed by atoms with E-state index in [2.05, 4.69) is 20.5 Å².